The maximum absolute atomic E-state index is 12.5. The van der Waals surface area contributed by atoms with Crippen LogP contribution in [0.5, 0.6) is 11.5 Å². The first-order valence-corrected chi connectivity index (χ1v) is 10.7. The molecule has 0 spiro atoms. The molecule has 0 aliphatic rings. The summed E-state index contributed by atoms with van der Waals surface area (Å²) in [5.41, 5.74) is 3.62. The number of carbonyl (C=O) groups excluding carboxylic acids is 1. The van der Waals surface area contributed by atoms with Crippen LogP contribution in [0.4, 0.5) is 0 Å². The number of rotatable bonds is 7. The number of aromatic nitrogens is 1. The van der Waals surface area contributed by atoms with Gasteiger partial charge in [-0.2, -0.15) is 0 Å². The average Bonchev–Trinajstić information content (AvgIpc) is 3.14. The molecule has 1 aromatic heterocycles. The molecule has 2 N–H and O–H groups in total. The van der Waals surface area contributed by atoms with Crippen LogP contribution < -0.4 is 19.7 Å². The average molecular weight is 434 g/mol. The number of amides is 1. The number of nitrogens with one attached hydrogen (secondary N) is 2. The second kappa shape index (κ2) is 8.60. The summed E-state index contributed by atoms with van der Waals surface area (Å²) in [5, 5.41) is 0.677. The topological polar surface area (TPSA) is 107 Å². The van der Waals surface area contributed by atoms with Crippen molar-refractivity contribution < 1.29 is 22.7 Å². The molecule has 0 saturated carbocycles. The summed E-state index contributed by atoms with van der Waals surface area (Å²) in [6.07, 6.45) is 0. The number of aryl methyl sites for hydroxylation is 1. The van der Waals surface area contributed by atoms with Crippen LogP contribution >= 0.6 is 11.3 Å². The third kappa shape index (κ3) is 4.56. The fourth-order valence-electron chi connectivity index (χ4n) is 2.52. The fraction of sp³-hybridized carbons (Fsp3) is 0.158. The summed E-state index contributed by atoms with van der Waals surface area (Å²) in [7, 11) is -1.16. The van der Waals surface area contributed by atoms with E-state index in [0.29, 0.717) is 21.3 Å². The van der Waals surface area contributed by atoms with Crippen LogP contribution in [-0.4, -0.2) is 33.5 Å². The van der Waals surface area contributed by atoms with Crippen LogP contribution in [0.1, 0.15) is 15.4 Å². The van der Waals surface area contributed by atoms with Gasteiger partial charge in [0.2, 0.25) is 0 Å². The second-order valence-electron chi connectivity index (χ2n) is 5.88. The van der Waals surface area contributed by atoms with Gasteiger partial charge in [-0.1, -0.05) is 30.3 Å². The Morgan fingerprint density at radius 2 is 1.72 bits per heavy atom. The summed E-state index contributed by atoms with van der Waals surface area (Å²) >= 11 is 1.18. The van der Waals surface area contributed by atoms with E-state index in [-0.39, 0.29) is 10.6 Å². The van der Waals surface area contributed by atoms with E-state index in [1.165, 1.54) is 43.8 Å². The molecule has 1 amide bonds. The Morgan fingerprint density at radius 3 is 2.38 bits per heavy atom. The van der Waals surface area contributed by atoms with Gasteiger partial charge in [0.25, 0.3) is 15.9 Å². The molecule has 0 fully saturated rings. The zero-order valence-corrected chi connectivity index (χ0v) is 17.6. The maximum Gasteiger partial charge on any atom is 0.278 e. The van der Waals surface area contributed by atoms with Crippen molar-refractivity contribution in [3.8, 4) is 22.1 Å². The number of benzene rings is 2. The molecule has 10 heteroatoms. The highest BCUT2D eigenvalue weighted by Gasteiger charge is 2.21. The van der Waals surface area contributed by atoms with Gasteiger partial charge in [0.15, 0.2) is 11.5 Å². The predicted octanol–water partition coefficient (Wildman–Crippen LogP) is 2.76. The number of carbonyl (C=O) groups is 1. The molecule has 0 radical (unpaired) electrons. The van der Waals surface area contributed by atoms with E-state index in [1.807, 2.05) is 30.3 Å². The van der Waals surface area contributed by atoms with Crippen LogP contribution in [-0.2, 0) is 10.0 Å². The monoisotopic (exact) mass is 433 g/mol. The first kappa shape index (κ1) is 20.8. The summed E-state index contributed by atoms with van der Waals surface area (Å²) < 4.78 is 35.2. The molecule has 29 heavy (non-hydrogen) atoms. The third-order valence-corrected chi connectivity index (χ3v) is 6.44. The minimum Gasteiger partial charge on any atom is -0.493 e. The summed E-state index contributed by atoms with van der Waals surface area (Å²) in [6.45, 7) is 1.70. The number of sulfonamides is 1. The zero-order valence-electron chi connectivity index (χ0n) is 15.9. The van der Waals surface area contributed by atoms with Crippen molar-refractivity contribution in [2.24, 2.45) is 0 Å². The molecule has 0 saturated heterocycles. The van der Waals surface area contributed by atoms with Gasteiger partial charge in [-0.3, -0.25) is 10.2 Å². The molecule has 0 aliphatic carbocycles. The van der Waals surface area contributed by atoms with Gasteiger partial charge in [-0.25, -0.2) is 13.4 Å². The molecule has 0 aliphatic heterocycles. The highest BCUT2D eigenvalue weighted by atomic mass is 32.2. The lowest BCUT2D eigenvalue weighted by atomic mass is 10.2. The number of hydrogen-bond acceptors (Lipinski definition) is 7. The van der Waals surface area contributed by atoms with Gasteiger partial charge in [0, 0.05) is 11.6 Å². The highest BCUT2D eigenvalue weighted by molar-refractivity contribution is 7.89. The standard InChI is InChI=1S/C19H19N3O5S2/c1-12-17(28-19(20-12)13-7-5-4-6-8-13)18(23)21-22-29(24,25)14-9-10-15(26-2)16(11-14)27-3/h4-11,22H,1-3H3,(H,21,23). The lowest BCUT2D eigenvalue weighted by Gasteiger charge is -2.11. The van der Waals surface area contributed by atoms with E-state index in [0.717, 1.165) is 5.56 Å². The van der Waals surface area contributed by atoms with Crippen LogP contribution in [0.15, 0.2) is 53.4 Å². The normalized spacial score (nSPS) is 11.1. The number of thiazole rings is 1. The molecular formula is C19H19N3O5S2. The lowest BCUT2D eigenvalue weighted by Crippen LogP contribution is -2.41. The Balaban J connectivity index is 1.76. The van der Waals surface area contributed by atoms with Gasteiger partial charge < -0.3 is 9.47 Å². The second-order valence-corrected chi connectivity index (χ2v) is 8.56. The van der Waals surface area contributed by atoms with Gasteiger partial charge in [0.1, 0.15) is 9.88 Å². The Kier molecular flexibility index (Phi) is 6.16. The van der Waals surface area contributed by atoms with Crippen LogP contribution in [0, 0.1) is 6.92 Å². The van der Waals surface area contributed by atoms with Crippen molar-refractivity contribution >= 4 is 27.3 Å². The van der Waals surface area contributed by atoms with E-state index in [9.17, 15) is 13.2 Å². The summed E-state index contributed by atoms with van der Waals surface area (Å²) in [6, 6.07) is 13.5. The largest absolute Gasteiger partial charge is 0.493 e. The van der Waals surface area contributed by atoms with E-state index >= 15 is 0 Å². The van der Waals surface area contributed by atoms with Gasteiger partial charge in [0.05, 0.1) is 24.8 Å². The Hall–Kier alpha value is -2.95. The van der Waals surface area contributed by atoms with E-state index in [1.54, 1.807) is 6.92 Å². The Labute approximate surface area is 172 Å². The van der Waals surface area contributed by atoms with Gasteiger partial charge in [-0.15, -0.1) is 16.2 Å². The van der Waals surface area contributed by atoms with Crippen LogP contribution in [0.2, 0.25) is 0 Å². The Bertz CT molecular complexity index is 1130. The minimum atomic E-state index is -4.01. The molecule has 152 valence electrons. The molecule has 0 unspecified atom stereocenters. The molecule has 3 rings (SSSR count). The number of hydrazine groups is 1. The van der Waals surface area contributed by atoms with E-state index in [4.69, 9.17) is 9.47 Å². The van der Waals surface area contributed by atoms with E-state index < -0.39 is 15.9 Å². The zero-order chi connectivity index (χ0) is 21.0. The summed E-state index contributed by atoms with van der Waals surface area (Å²) in [4.78, 5) is 19.2. The highest BCUT2D eigenvalue weighted by Crippen LogP contribution is 2.29. The molecule has 8 nitrogen and oxygen atoms in total. The minimum absolute atomic E-state index is 0.0820. The van der Waals surface area contributed by atoms with E-state index in [2.05, 4.69) is 15.2 Å². The number of methoxy groups -OCH3 is 2. The lowest BCUT2D eigenvalue weighted by molar-refractivity contribution is 0.0948. The van der Waals surface area contributed by atoms with Crippen molar-refractivity contribution in [1.82, 2.24) is 15.2 Å². The molecule has 2 aromatic carbocycles. The first-order valence-electron chi connectivity index (χ1n) is 8.42. The molecular weight excluding hydrogens is 414 g/mol. The van der Waals surface area contributed by atoms with Crippen LogP contribution in [0.3, 0.4) is 0 Å². The molecule has 0 bridgehead atoms. The SMILES string of the molecule is COc1ccc(S(=O)(=O)NNC(=O)c2sc(-c3ccccc3)nc2C)cc1OC. The van der Waals surface area contributed by atoms with Crippen molar-refractivity contribution in [3.05, 3.63) is 59.1 Å². The fourth-order valence-corrected chi connectivity index (χ4v) is 4.35. The smallest absolute Gasteiger partial charge is 0.278 e. The molecule has 1 heterocycles. The predicted molar refractivity (Wildman–Crippen MR) is 110 cm³/mol. The first-order chi connectivity index (χ1) is 13.9. The van der Waals surface area contributed by atoms with Gasteiger partial charge in [-0.05, 0) is 19.1 Å². The van der Waals surface area contributed by atoms with Gasteiger partial charge >= 0.3 is 0 Å². The molecule has 3 aromatic rings. The van der Waals surface area contributed by atoms with Crippen molar-refractivity contribution in [3.63, 3.8) is 0 Å². The quantitative estimate of drug-likeness (QED) is 0.555. The third-order valence-electron chi connectivity index (χ3n) is 3.99. The Morgan fingerprint density at radius 1 is 1.03 bits per heavy atom. The number of nitrogens with zero attached hydrogens (tertiary/aromatic N) is 1. The van der Waals surface area contributed by atoms with Crippen molar-refractivity contribution in [2.45, 2.75) is 11.8 Å². The molecule has 0 atom stereocenters. The maximum atomic E-state index is 12.5. The number of ether oxygens (including phenoxy) is 2. The number of hydrogen-bond donors (Lipinski definition) is 2. The van der Waals surface area contributed by atoms with Crippen molar-refractivity contribution in [2.75, 3.05) is 14.2 Å². The van der Waals surface area contributed by atoms with Crippen LogP contribution in [0.25, 0.3) is 10.6 Å². The summed E-state index contributed by atoms with van der Waals surface area (Å²) in [5.74, 6) is 0.0583. The van der Waals surface area contributed by atoms with Crippen molar-refractivity contribution in [1.29, 1.82) is 0 Å².